The van der Waals surface area contributed by atoms with Gasteiger partial charge in [0, 0.05) is 0 Å². The molecule has 3 nitrogen and oxygen atoms in total. The SMILES string of the molecule is O=CN1C(=O)C(I)c2ccccc21. The van der Waals surface area contributed by atoms with Gasteiger partial charge in [-0.25, -0.2) is 0 Å². The van der Waals surface area contributed by atoms with Crippen LogP contribution in [0.25, 0.3) is 0 Å². The van der Waals surface area contributed by atoms with Crippen molar-refractivity contribution >= 4 is 40.6 Å². The van der Waals surface area contributed by atoms with Gasteiger partial charge in [-0.15, -0.1) is 0 Å². The van der Waals surface area contributed by atoms with Crippen molar-refractivity contribution < 1.29 is 9.59 Å². The third kappa shape index (κ3) is 1.16. The Morgan fingerprint density at radius 2 is 2.08 bits per heavy atom. The van der Waals surface area contributed by atoms with E-state index in [9.17, 15) is 9.59 Å². The number of nitrogens with zero attached hydrogens (tertiary/aromatic N) is 1. The molecule has 0 spiro atoms. The molecule has 66 valence electrons. The summed E-state index contributed by atoms with van der Waals surface area (Å²) in [5.41, 5.74) is 1.63. The monoisotopic (exact) mass is 287 g/mol. The predicted octanol–water partition coefficient (Wildman–Crippen LogP) is 1.67. The highest BCUT2D eigenvalue weighted by atomic mass is 127. The Kier molecular flexibility index (Phi) is 2.07. The summed E-state index contributed by atoms with van der Waals surface area (Å²) in [5, 5.41) is 0. The van der Waals surface area contributed by atoms with Crippen molar-refractivity contribution in [2.45, 2.75) is 3.92 Å². The Bertz CT molecular complexity index is 378. The summed E-state index contributed by atoms with van der Waals surface area (Å²) >= 11 is 2.04. The van der Waals surface area contributed by atoms with Crippen molar-refractivity contribution in [2.75, 3.05) is 4.90 Å². The van der Waals surface area contributed by atoms with Crippen LogP contribution < -0.4 is 4.90 Å². The minimum Gasteiger partial charge on any atom is -0.278 e. The molecular formula is C9H6INO2. The van der Waals surface area contributed by atoms with Gasteiger partial charge in [0.15, 0.2) is 0 Å². The molecule has 2 rings (SSSR count). The molecule has 1 heterocycles. The smallest absolute Gasteiger partial charge is 0.251 e. The van der Waals surface area contributed by atoms with Gasteiger partial charge in [0.1, 0.15) is 3.92 Å². The van der Waals surface area contributed by atoms with Crippen molar-refractivity contribution in [3.63, 3.8) is 0 Å². The Balaban J connectivity index is 2.59. The maximum atomic E-state index is 11.5. The summed E-state index contributed by atoms with van der Waals surface area (Å²) in [6.45, 7) is 0. The number of amides is 2. The number of hydrogen-bond acceptors (Lipinski definition) is 2. The highest BCUT2D eigenvalue weighted by molar-refractivity contribution is 14.1. The number of para-hydroxylation sites is 1. The minimum atomic E-state index is -0.223. The Labute approximate surface area is 88.9 Å². The third-order valence-corrected chi connectivity index (χ3v) is 3.23. The first-order valence-electron chi connectivity index (χ1n) is 3.77. The number of anilines is 1. The van der Waals surface area contributed by atoms with E-state index in [0.717, 1.165) is 10.5 Å². The first-order valence-corrected chi connectivity index (χ1v) is 5.01. The molecule has 0 aromatic heterocycles. The lowest BCUT2D eigenvalue weighted by molar-refractivity contribution is -0.120. The van der Waals surface area contributed by atoms with E-state index in [2.05, 4.69) is 0 Å². The molecule has 4 heteroatoms. The molecule has 13 heavy (non-hydrogen) atoms. The fourth-order valence-corrected chi connectivity index (χ4v) is 2.23. The van der Waals surface area contributed by atoms with Gasteiger partial charge >= 0.3 is 0 Å². The molecule has 1 aliphatic rings. The van der Waals surface area contributed by atoms with Crippen LogP contribution in [0.3, 0.4) is 0 Å². The van der Waals surface area contributed by atoms with Crippen LogP contribution in [0.1, 0.15) is 9.49 Å². The average molecular weight is 287 g/mol. The summed E-state index contributed by atoms with van der Waals surface area (Å²) in [5.74, 6) is -0.156. The zero-order valence-corrected chi connectivity index (χ0v) is 8.76. The van der Waals surface area contributed by atoms with E-state index >= 15 is 0 Å². The molecule has 1 aliphatic heterocycles. The number of hydrogen-bond donors (Lipinski definition) is 0. The number of carbonyl (C=O) groups excluding carboxylic acids is 2. The van der Waals surface area contributed by atoms with Gasteiger partial charge in [-0.05, 0) is 11.6 Å². The standard InChI is InChI=1S/C9H6INO2/c10-8-6-3-1-2-4-7(6)11(5-12)9(8)13/h1-5,8H. The largest absolute Gasteiger partial charge is 0.278 e. The molecule has 0 radical (unpaired) electrons. The highest BCUT2D eigenvalue weighted by Crippen LogP contribution is 2.39. The van der Waals surface area contributed by atoms with E-state index in [-0.39, 0.29) is 9.83 Å². The fraction of sp³-hybridized carbons (Fsp3) is 0.111. The van der Waals surface area contributed by atoms with Gasteiger partial charge in [-0.1, -0.05) is 40.8 Å². The van der Waals surface area contributed by atoms with Crippen molar-refractivity contribution in [3.8, 4) is 0 Å². The van der Waals surface area contributed by atoms with Crippen LogP contribution in [0.5, 0.6) is 0 Å². The molecule has 0 N–H and O–H groups in total. The normalized spacial score (nSPS) is 20.2. The molecule has 2 amide bonds. The molecule has 0 fully saturated rings. The number of carbonyl (C=O) groups is 2. The molecule has 0 saturated carbocycles. The van der Waals surface area contributed by atoms with Crippen molar-refractivity contribution in [1.82, 2.24) is 0 Å². The van der Waals surface area contributed by atoms with E-state index in [1.807, 2.05) is 40.8 Å². The second-order valence-corrected chi connectivity index (χ2v) is 3.98. The van der Waals surface area contributed by atoms with Crippen LogP contribution in [0, 0.1) is 0 Å². The van der Waals surface area contributed by atoms with Crippen molar-refractivity contribution in [1.29, 1.82) is 0 Å². The van der Waals surface area contributed by atoms with E-state index in [0.29, 0.717) is 12.1 Å². The number of alkyl halides is 1. The third-order valence-electron chi connectivity index (χ3n) is 2.03. The predicted molar refractivity (Wildman–Crippen MR) is 56.8 cm³/mol. The fourth-order valence-electron chi connectivity index (χ4n) is 1.40. The first-order chi connectivity index (χ1) is 6.25. The molecule has 1 aromatic rings. The maximum absolute atomic E-state index is 11.5. The van der Waals surface area contributed by atoms with Crippen LogP contribution >= 0.6 is 22.6 Å². The molecule has 0 saturated heterocycles. The number of imide groups is 1. The summed E-state index contributed by atoms with van der Waals surface area (Å²) in [7, 11) is 0. The van der Waals surface area contributed by atoms with Crippen LogP contribution in [-0.4, -0.2) is 12.3 Å². The molecule has 0 bridgehead atoms. The zero-order chi connectivity index (χ0) is 9.42. The zero-order valence-electron chi connectivity index (χ0n) is 6.61. The van der Waals surface area contributed by atoms with Gasteiger partial charge in [0.25, 0.3) is 5.91 Å². The van der Waals surface area contributed by atoms with Crippen LogP contribution in [0.4, 0.5) is 5.69 Å². The lowest BCUT2D eigenvalue weighted by atomic mass is 10.2. The van der Waals surface area contributed by atoms with Crippen LogP contribution in [0.2, 0.25) is 0 Å². The summed E-state index contributed by atoms with van der Waals surface area (Å²) in [4.78, 5) is 23.3. The van der Waals surface area contributed by atoms with Gasteiger partial charge < -0.3 is 0 Å². The molecule has 1 aromatic carbocycles. The van der Waals surface area contributed by atoms with Gasteiger partial charge in [0.05, 0.1) is 5.69 Å². The lowest BCUT2D eigenvalue weighted by Crippen LogP contribution is -2.25. The van der Waals surface area contributed by atoms with Crippen LogP contribution in [0.15, 0.2) is 24.3 Å². The Morgan fingerprint density at radius 3 is 2.77 bits per heavy atom. The highest BCUT2D eigenvalue weighted by Gasteiger charge is 2.34. The van der Waals surface area contributed by atoms with E-state index in [4.69, 9.17) is 0 Å². The molecular weight excluding hydrogens is 281 g/mol. The topological polar surface area (TPSA) is 37.4 Å². The molecule has 1 unspecified atom stereocenters. The summed E-state index contributed by atoms with van der Waals surface area (Å²) in [6.07, 6.45) is 0.569. The quantitative estimate of drug-likeness (QED) is 0.447. The number of rotatable bonds is 1. The maximum Gasteiger partial charge on any atom is 0.251 e. The van der Waals surface area contributed by atoms with Gasteiger partial charge in [-0.2, -0.15) is 0 Å². The Hall–Kier alpha value is -0.910. The van der Waals surface area contributed by atoms with E-state index in [1.165, 1.54) is 0 Å². The van der Waals surface area contributed by atoms with Gasteiger partial charge in [-0.3, -0.25) is 14.5 Å². The van der Waals surface area contributed by atoms with E-state index < -0.39 is 0 Å². The number of fused-ring (bicyclic) bond motifs is 1. The van der Waals surface area contributed by atoms with E-state index in [1.54, 1.807) is 6.07 Å². The van der Waals surface area contributed by atoms with Crippen molar-refractivity contribution in [2.24, 2.45) is 0 Å². The lowest BCUT2D eigenvalue weighted by Gasteiger charge is -2.06. The number of halogens is 1. The van der Waals surface area contributed by atoms with Crippen molar-refractivity contribution in [3.05, 3.63) is 29.8 Å². The van der Waals surface area contributed by atoms with Gasteiger partial charge in [0.2, 0.25) is 6.41 Å². The minimum absolute atomic E-state index is 0.156. The average Bonchev–Trinajstić information content (AvgIpc) is 2.41. The van der Waals surface area contributed by atoms with Crippen LogP contribution in [-0.2, 0) is 9.59 Å². The molecule has 1 atom stereocenters. The first kappa shape index (κ1) is 8.68. The summed E-state index contributed by atoms with van der Waals surface area (Å²) in [6, 6.07) is 7.33. The molecule has 0 aliphatic carbocycles. The second kappa shape index (κ2) is 3.10. The second-order valence-electron chi connectivity index (χ2n) is 2.74. The number of benzene rings is 1. The Morgan fingerprint density at radius 1 is 1.38 bits per heavy atom. The summed E-state index contributed by atoms with van der Waals surface area (Å²) < 4.78 is -0.223.